The highest BCUT2D eigenvalue weighted by Crippen LogP contribution is 2.12. The first-order chi connectivity index (χ1) is 7.88. The monoisotopic (exact) mass is 244 g/mol. The van der Waals surface area contributed by atoms with Crippen molar-refractivity contribution in [1.82, 2.24) is 10.6 Å². The van der Waals surface area contributed by atoms with Crippen molar-refractivity contribution in [3.63, 3.8) is 0 Å². The molecule has 0 aliphatic heterocycles. The quantitative estimate of drug-likeness (QED) is 0.603. The van der Waals surface area contributed by atoms with E-state index in [2.05, 4.69) is 24.5 Å². The van der Waals surface area contributed by atoms with Crippen LogP contribution in [-0.4, -0.2) is 35.7 Å². The van der Waals surface area contributed by atoms with Crippen LogP contribution < -0.4 is 10.6 Å². The topological polar surface area (TPSA) is 61.4 Å². The standard InChI is InChI=1S/C13H28N2O2/c1-6-10(7-2)11(16)9-14-12(17)13(4,5)15-8-3/h10-11,15-16H,6-9H2,1-5H3,(H,14,17). The Kier molecular flexibility index (Phi) is 7.39. The largest absolute Gasteiger partial charge is 0.391 e. The first-order valence-corrected chi connectivity index (χ1v) is 6.60. The molecule has 1 amide bonds. The zero-order valence-corrected chi connectivity index (χ0v) is 11.8. The van der Waals surface area contributed by atoms with Crippen molar-refractivity contribution >= 4 is 5.91 Å². The molecule has 0 rings (SSSR count). The second-order valence-corrected chi connectivity index (χ2v) is 5.01. The Labute approximate surface area is 105 Å². The molecule has 0 saturated carbocycles. The van der Waals surface area contributed by atoms with Gasteiger partial charge in [0.15, 0.2) is 0 Å². The summed E-state index contributed by atoms with van der Waals surface area (Å²) in [7, 11) is 0. The van der Waals surface area contributed by atoms with Crippen molar-refractivity contribution in [2.45, 2.75) is 59.1 Å². The molecule has 0 bridgehead atoms. The van der Waals surface area contributed by atoms with Crippen LogP contribution in [0.25, 0.3) is 0 Å². The number of hydrogen-bond acceptors (Lipinski definition) is 3. The predicted octanol–water partition coefficient (Wildman–Crippen LogP) is 1.29. The zero-order valence-electron chi connectivity index (χ0n) is 11.8. The van der Waals surface area contributed by atoms with Gasteiger partial charge in [-0.2, -0.15) is 0 Å². The Morgan fingerprint density at radius 3 is 2.18 bits per heavy atom. The van der Waals surface area contributed by atoms with Crippen LogP contribution in [0.5, 0.6) is 0 Å². The summed E-state index contributed by atoms with van der Waals surface area (Å²) in [5.41, 5.74) is -0.581. The number of rotatable bonds is 8. The lowest BCUT2D eigenvalue weighted by molar-refractivity contribution is -0.127. The maximum Gasteiger partial charge on any atom is 0.239 e. The van der Waals surface area contributed by atoms with Crippen molar-refractivity contribution < 1.29 is 9.90 Å². The summed E-state index contributed by atoms with van der Waals surface area (Å²) in [5.74, 6) is 0.196. The third-order valence-corrected chi connectivity index (χ3v) is 3.25. The van der Waals surface area contributed by atoms with E-state index in [-0.39, 0.29) is 11.8 Å². The van der Waals surface area contributed by atoms with Crippen LogP contribution in [0.4, 0.5) is 0 Å². The maximum atomic E-state index is 11.9. The number of amides is 1. The van der Waals surface area contributed by atoms with Crippen molar-refractivity contribution in [2.75, 3.05) is 13.1 Å². The summed E-state index contributed by atoms with van der Waals surface area (Å²) in [6.45, 7) is 10.8. The van der Waals surface area contributed by atoms with Crippen molar-refractivity contribution in [3.05, 3.63) is 0 Å². The fourth-order valence-electron chi connectivity index (χ4n) is 1.94. The highest BCUT2D eigenvalue weighted by Gasteiger charge is 2.27. The molecule has 102 valence electrons. The lowest BCUT2D eigenvalue weighted by Gasteiger charge is -2.26. The van der Waals surface area contributed by atoms with Crippen LogP contribution in [0.3, 0.4) is 0 Å². The van der Waals surface area contributed by atoms with Gasteiger partial charge in [-0.25, -0.2) is 0 Å². The Morgan fingerprint density at radius 1 is 1.24 bits per heavy atom. The fraction of sp³-hybridized carbons (Fsp3) is 0.923. The van der Waals surface area contributed by atoms with Gasteiger partial charge in [0.1, 0.15) is 0 Å². The minimum Gasteiger partial charge on any atom is -0.391 e. The summed E-state index contributed by atoms with van der Waals surface area (Å²) in [4.78, 5) is 11.9. The van der Waals surface area contributed by atoms with Gasteiger partial charge in [0, 0.05) is 6.54 Å². The molecule has 0 heterocycles. The van der Waals surface area contributed by atoms with E-state index in [9.17, 15) is 9.90 Å². The molecule has 3 N–H and O–H groups in total. The van der Waals surface area contributed by atoms with E-state index in [0.29, 0.717) is 6.54 Å². The van der Waals surface area contributed by atoms with E-state index >= 15 is 0 Å². The summed E-state index contributed by atoms with van der Waals surface area (Å²) >= 11 is 0. The molecule has 4 heteroatoms. The van der Waals surface area contributed by atoms with Gasteiger partial charge in [-0.15, -0.1) is 0 Å². The molecule has 0 aliphatic carbocycles. The normalized spacial score (nSPS) is 13.8. The Bertz CT molecular complexity index is 225. The van der Waals surface area contributed by atoms with Crippen LogP contribution in [0.1, 0.15) is 47.5 Å². The fourth-order valence-corrected chi connectivity index (χ4v) is 1.94. The van der Waals surface area contributed by atoms with E-state index in [1.807, 2.05) is 20.8 Å². The molecule has 1 unspecified atom stereocenters. The minimum atomic E-state index is -0.581. The van der Waals surface area contributed by atoms with Crippen molar-refractivity contribution in [3.8, 4) is 0 Å². The number of aliphatic hydroxyl groups excluding tert-OH is 1. The van der Waals surface area contributed by atoms with E-state index < -0.39 is 11.6 Å². The number of carbonyl (C=O) groups is 1. The van der Waals surface area contributed by atoms with Crippen LogP contribution in [0.2, 0.25) is 0 Å². The molecule has 1 atom stereocenters. The van der Waals surface area contributed by atoms with E-state index in [4.69, 9.17) is 0 Å². The maximum absolute atomic E-state index is 11.9. The molecule has 4 nitrogen and oxygen atoms in total. The van der Waals surface area contributed by atoms with E-state index in [0.717, 1.165) is 19.4 Å². The van der Waals surface area contributed by atoms with Gasteiger partial charge in [0.05, 0.1) is 11.6 Å². The summed E-state index contributed by atoms with van der Waals surface area (Å²) in [5, 5.41) is 15.8. The number of hydrogen-bond donors (Lipinski definition) is 3. The van der Waals surface area contributed by atoms with Gasteiger partial charge in [-0.05, 0) is 26.3 Å². The molecule has 0 radical (unpaired) electrons. The second kappa shape index (κ2) is 7.67. The number of nitrogens with one attached hydrogen (secondary N) is 2. The lowest BCUT2D eigenvalue weighted by atomic mass is 9.96. The van der Waals surface area contributed by atoms with Gasteiger partial charge >= 0.3 is 0 Å². The molecule has 0 fully saturated rings. The molecule has 0 saturated heterocycles. The molecule has 0 aromatic rings. The average molecular weight is 244 g/mol. The van der Waals surface area contributed by atoms with Crippen LogP contribution in [0.15, 0.2) is 0 Å². The number of carbonyl (C=O) groups excluding carboxylic acids is 1. The average Bonchev–Trinajstić information content (AvgIpc) is 2.27. The predicted molar refractivity (Wildman–Crippen MR) is 70.8 cm³/mol. The molecule has 0 aromatic heterocycles. The highest BCUT2D eigenvalue weighted by atomic mass is 16.3. The number of aliphatic hydroxyl groups is 1. The van der Waals surface area contributed by atoms with Gasteiger partial charge in [-0.1, -0.05) is 33.6 Å². The van der Waals surface area contributed by atoms with Crippen LogP contribution in [-0.2, 0) is 4.79 Å². The lowest BCUT2D eigenvalue weighted by Crippen LogP contribution is -2.54. The number of likely N-dealkylation sites (N-methyl/N-ethyl adjacent to an activating group) is 1. The molecule has 17 heavy (non-hydrogen) atoms. The van der Waals surface area contributed by atoms with Gasteiger partial charge in [-0.3, -0.25) is 4.79 Å². The molecule has 0 aliphatic rings. The first-order valence-electron chi connectivity index (χ1n) is 6.60. The smallest absolute Gasteiger partial charge is 0.239 e. The molecule has 0 spiro atoms. The van der Waals surface area contributed by atoms with Crippen LogP contribution >= 0.6 is 0 Å². The third kappa shape index (κ3) is 5.50. The molecule has 0 aromatic carbocycles. The van der Waals surface area contributed by atoms with E-state index in [1.165, 1.54) is 0 Å². The Morgan fingerprint density at radius 2 is 1.76 bits per heavy atom. The summed E-state index contributed by atoms with van der Waals surface area (Å²) in [6, 6.07) is 0. The van der Waals surface area contributed by atoms with Gasteiger partial charge in [0.25, 0.3) is 0 Å². The molecular formula is C13H28N2O2. The SMILES string of the molecule is CCNC(C)(C)C(=O)NCC(O)C(CC)CC. The Balaban J connectivity index is 4.15. The van der Waals surface area contributed by atoms with Crippen molar-refractivity contribution in [1.29, 1.82) is 0 Å². The summed E-state index contributed by atoms with van der Waals surface area (Å²) in [6.07, 6.45) is 1.42. The second-order valence-electron chi connectivity index (χ2n) is 5.01. The Hall–Kier alpha value is -0.610. The summed E-state index contributed by atoms with van der Waals surface area (Å²) < 4.78 is 0. The van der Waals surface area contributed by atoms with Gasteiger partial charge in [0.2, 0.25) is 5.91 Å². The molecular weight excluding hydrogens is 216 g/mol. The van der Waals surface area contributed by atoms with Gasteiger partial charge < -0.3 is 15.7 Å². The third-order valence-electron chi connectivity index (χ3n) is 3.25. The van der Waals surface area contributed by atoms with Crippen molar-refractivity contribution in [2.24, 2.45) is 5.92 Å². The first kappa shape index (κ1) is 16.4. The highest BCUT2D eigenvalue weighted by molar-refractivity contribution is 5.85. The minimum absolute atomic E-state index is 0.0654. The van der Waals surface area contributed by atoms with Crippen LogP contribution in [0, 0.1) is 5.92 Å². The zero-order chi connectivity index (χ0) is 13.5. The van der Waals surface area contributed by atoms with E-state index in [1.54, 1.807) is 0 Å².